The first kappa shape index (κ1) is 15.4. The van der Waals surface area contributed by atoms with Crippen LogP contribution < -0.4 is 0 Å². The summed E-state index contributed by atoms with van der Waals surface area (Å²) in [6, 6.07) is 3.40. The van der Waals surface area contributed by atoms with Gasteiger partial charge in [-0.15, -0.1) is 0 Å². The summed E-state index contributed by atoms with van der Waals surface area (Å²) in [5.74, 6) is -2.76. The van der Waals surface area contributed by atoms with E-state index in [2.05, 4.69) is 0 Å². The monoisotopic (exact) mass is 297 g/mol. The number of benzene rings is 1. The Morgan fingerprint density at radius 2 is 2.00 bits per heavy atom. The Balaban J connectivity index is 2.01. The van der Waals surface area contributed by atoms with Crippen molar-refractivity contribution in [3.05, 3.63) is 35.4 Å². The SMILES string of the molecule is COC(=O)C1CN(C(=O)Cc2ccc(F)c(F)c2)CC1C. The third kappa shape index (κ3) is 3.37. The van der Waals surface area contributed by atoms with E-state index in [9.17, 15) is 18.4 Å². The van der Waals surface area contributed by atoms with Crippen molar-refractivity contribution in [2.75, 3.05) is 20.2 Å². The first-order valence-electron chi connectivity index (χ1n) is 6.72. The van der Waals surface area contributed by atoms with E-state index in [-0.39, 0.29) is 30.1 Å². The minimum Gasteiger partial charge on any atom is -0.469 e. The highest BCUT2D eigenvalue weighted by molar-refractivity contribution is 5.81. The summed E-state index contributed by atoms with van der Waals surface area (Å²) in [5, 5.41) is 0. The first-order valence-corrected chi connectivity index (χ1v) is 6.72. The van der Waals surface area contributed by atoms with Gasteiger partial charge in [0.2, 0.25) is 5.91 Å². The van der Waals surface area contributed by atoms with Gasteiger partial charge in [0.1, 0.15) is 0 Å². The summed E-state index contributed by atoms with van der Waals surface area (Å²) in [6.07, 6.45) is -0.0161. The van der Waals surface area contributed by atoms with Crippen LogP contribution in [0.3, 0.4) is 0 Å². The standard InChI is InChI=1S/C15H17F2NO3/c1-9-7-18(8-11(9)15(20)21-2)14(19)6-10-3-4-12(16)13(17)5-10/h3-5,9,11H,6-8H2,1-2H3. The minimum absolute atomic E-state index is 0.0161. The molecule has 114 valence electrons. The maximum Gasteiger partial charge on any atom is 0.310 e. The van der Waals surface area contributed by atoms with E-state index in [1.54, 1.807) is 4.90 Å². The van der Waals surface area contributed by atoms with E-state index in [0.29, 0.717) is 18.7 Å². The fourth-order valence-electron chi connectivity index (χ4n) is 2.56. The predicted octanol–water partition coefficient (Wildman–Crippen LogP) is 1.77. The van der Waals surface area contributed by atoms with Crippen LogP contribution in [0.2, 0.25) is 0 Å². The minimum atomic E-state index is -0.970. The van der Waals surface area contributed by atoms with Crippen LogP contribution in [0.5, 0.6) is 0 Å². The lowest BCUT2D eigenvalue weighted by Crippen LogP contribution is -2.31. The third-order valence-corrected chi connectivity index (χ3v) is 3.81. The maximum absolute atomic E-state index is 13.1. The van der Waals surface area contributed by atoms with E-state index in [4.69, 9.17) is 4.74 Å². The number of carbonyl (C=O) groups is 2. The number of ether oxygens (including phenoxy) is 1. The van der Waals surface area contributed by atoms with Crippen LogP contribution >= 0.6 is 0 Å². The van der Waals surface area contributed by atoms with Gasteiger partial charge in [0, 0.05) is 13.1 Å². The Hall–Kier alpha value is -1.98. The van der Waals surface area contributed by atoms with Crippen molar-refractivity contribution in [1.29, 1.82) is 0 Å². The van der Waals surface area contributed by atoms with Crippen molar-refractivity contribution in [1.82, 2.24) is 4.90 Å². The molecule has 2 rings (SSSR count). The van der Waals surface area contributed by atoms with E-state index in [1.807, 2.05) is 6.92 Å². The van der Waals surface area contributed by atoms with Gasteiger partial charge in [-0.3, -0.25) is 9.59 Å². The normalized spacial score (nSPS) is 21.4. The molecule has 1 aromatic rings. The highest BCUT2D eigenvalue weighted by Gasteiger charge is 2.37. The largest absolute Gasteiger partial charge is 0.469 e. The summed E-state index contributed by atoms with van der Waals surface area (Å²) in [4.78, 5) is 25.3. The zero-order valence-electron chi connectivity index (χ0n) is 11.9. The van der Waals surface area contributed by atoms with Gasteiger partial charge in [-0.2, -0.15) is 0 Å². The maximum atomic E-state index is 13.1. The van der Waals surface area contributed by atoms with Gasteiger partial charge in [-0.05, 0) is 23.6 Å². The molecule has 1 heterocycles. The highest BCUT2D eigenvalue weighted by atomic mass is 19.2. The quantitative estimate of drug-likeness (QED) is 0.799. The van der Waals surface area contributed by atoms with Crippen molar-refractivity contribution < 1.29 is 23.1 Å². The number of amides is 1. The number of rotatable bonds is 3. The molecular weight excluding hydrogens is 280 g/mol. The second kappa shape index (κ2) is 6.20. The van der Waals surface area contributed by atoms with Gasteiger partial charge in [-0.1, -0.05) is 13.0 Å². The molecule has 1 aliphatic rings. The lowest BCUT2D eigenvalue weighted by Gasteiger charge is -2.16. The second-order valence-electron chi connectivity index (χ2n) is 5.33. The summed E-state index contributed by atoms with van der Waals surface area (Å²) in [6.45, 7) is 2.64. The zero-order chi connectivity index (χ0) is 15.6. The fraction of sp³-hybridized carbons (Fsp3) is 0.467. The van der Waals surface area contributed by atoms with Gasteiger partial charge in [0.15, 0.2) is 11.6 Å². The molecule has 1 amide bonds. The Kier molecular flexibility index (Phi) is 4.55. The molecule has 4 nitrogen and oxygen atoms in total. The van der Waals surface area contributed by atoms with E-state index >= 15 is 0 Å². The Labute approximate surface area is 121 Å². The summed E-state index contributed by atoms with van der Waals surface area (Å²) in [7, 11) is 1.32. The molecule has 2 atom stereocenters. The Morgan fingerprint density at radius 3 is 2.62 bits per heavy atom. The molecule has 0 bridgehead atoms. The summed E-state index contributed by atoms with van der Waals surface area (Å²) in [5.41, 5.74) is 0.410. The van der Waals surface area contributed by atoms with Gasteiger partial charge in [0.25, 0.3) is 0 Å². The first-order chi connectivity index (χ1) is 9.92. The molecule has 0 aromatic heterocycles. The molecule has 1 fully saturated rings. The van der Waals surface area contributed by atoms with E-state index in [1.165, 1.54) is 13.2 Å². The van der Waals surface area contributed by atoms with Crippen molar-refractivity contribution in [2.45, 2.75) is 13.3 Å². The zero-order valence-corrected chi connectivity index (χ0v) is 11.9. The molecular formula is C15H17F2NO3. The topological polar surface area (TPSA) is 46.6 Å². The molecule has 2 unspecified atom stereocenters. The average molecular weight is 297 g/mol. The molecule has 0 saturated carbocycles. The van der Waals surface area contributed by atoms with Gasteiger partial charge in [-0.25, -0.2) is 8.78 Å². The van der Waals surface area contributed by atoms with Crippen LogP contribution in [0.15, 0.2) is 18.2 Å². The van der Waals surface area contributed by atoms with Crippen molar-refractivity contribution in [3.8, 4) is 0 Å². The molecule has 1 aliphatic heterocycles. The molecule has 1 aromatic carbocycles. The predicted molar refractivity (Wildman–Crippen MR) is 71.3 cm³/mol. The van der Waals surface area contributed by atoms with Crippen molar-refractivity contribution in [2.24, 2.45) is 11.8 Å². The molecule has 0 spiro atoms. The number of esters is 1. The number of likely N-dealkylation sites (tertiary alicyclic amines) is 1. The van der Waals surface area contributed by atoms with Crippen molar-refractivity contribution in [3.63, 3.8) is 0 Å². The van der Waals surface area contributed by atoms with Crippen LogP contribution in [0.25, 0.3) is 0 Å². The summed E-state index contributed by atoms with van der Waals surface area (Å²) >= 11 is 0. The van der Waals surface area contributed by atoms with E-state index < -0.39 is 11.6 Å². The molecule has 21 heavy (non-hydrogen) atoms. The Morgan fingerprint density at radius 1 is 1.29 bits per heavy atom. The number of hydrogen-bond acceptors (Lipinski definition) is 3. The lowest BCUT2D eigenvalue weighted by atomic mass is 9.99. The number of carbonyl (C=O) groups excluding carboxylic acids is 2. The molecule has 6 heteroatoms. The Bertz CT molecular complexity index is 562. The average Bonchev–Trinajstić information content (AvgIpc) is 2.84. The van der Waals surface area contributed by atoms with Crippen LogP contribution in [-0.4, -0.2) is 37.0 Å². The van der Waals surface area contributed by atoms with Crippen molar-refractivity contribution >= 4 is 11.9 Å². The number of hydrogen-bond donors (Lipinski definition) is 0. The number of methoxy groups -OCH3 is 1. The molecule has 0 N–H and O–H groups in total. The smallest absolute Gasteiger partial charge is 0.310 e. The van der Waals surface area contributed by atoms with Crippen LogP contribution in [0.1, 0.15) is 12.5 Å². The fourth-order valence-corrected chi connectivity index (χ4v) is 2.56. The van der Waals surface area contributed by atoms with Gasteiger partial charge >= 0.3 is 5.97 Å². The second-order valence-corrected chi connectivity index (χ2v) is 5.33. The molecule has 0 radical (unpaired) electrons. The molecule has 1 saturated heterocycles. The van der Waals surface area contributed by atoms with Crippen LogP contribution in [-0.2, 0) is 20.7 Å². The summed E-state index contributed by atoms with van der Waals surface area (Å²) < 4.78 is 30.7. The third-order valence-electron chi connectivity index (χ3n) is 3.81. The van der Waals surface area contributed by atoms with Crippen LogP contribution in [0.4, 0.5) is 8.78 Å². The van der Waals surface area contributed by atoms with Gasteiger partial charge < -0.3 is 9.64 Å². The number of halogens is 2. The van der Waals surface area contributed by atoms with Crippen LogP contribution in [0, 0.1) is 23.5 Å². The number of nitrogens with zero attached hydrogens (tertiary/aromatic N) is 1. The van der Waals surface area contributed by atoms with E-state index in [0.717, 1.165) is 12.1 Å². The van der Waals surface area contributed by atoms with Gasteiger partial charge in [0.05, 0.1) is 19.4 Å². The highest BCUT2D eigenvalue weighted by Crippen LogP contribution is 2.24. The molecule has 0 aliphatic carbocycles. The lowest BCUT2D eigenvalue weighted by molar-refractivity contribution is -0.146.